The number of hydrogen-bond acceptors (Lipinski definition) is 8. The summed E-state index contributed by atoms with van der Waals surface area (Å²) in [7, 11) is 0. The molecule has 2 heterocycles. The number of anilines is 1. The van der Waals surface area contributed by atoms with Crippen LogP contribution in [0.4, 0.5) is 5.69 Å². The molecule has 118 valence electrons. The molecule has 2 aliphatic rings. The number of nitriles is 5. The van der Waals surface area contributed by atoms with Crippen molar-refractivity contribution in [1.29, 1.82) is 26.3 Å². The number of para-hydroxylation sites is 1. The monoisotopic (exact) mass is 327 g/mol. The number of fused-ring (bicyclic) bond motifs is 3. The zero-order chi connectivity index (χ0) is 18.2. The molecular formula is C17H9N7O. The van der Waals surface area contributed by atoms with E-state index >= 15 is 0 Å². The molecular weight excluding hydrogens is 318 g/mol. The average molecular weight is 327 g/mol. The number of aliphatic hydroxyl groups is 1. The highest BCUT2D eigenvalue weighted by molar-refractivity contribution is 5.69. The van der Waals surface area contributed by atoms with Crippen LogP contribution in [0.5, 0.6) is 0 Å². The van der Waals surface area contributed by atoms with E-state index in [2.05, 4.69) is 10.6 Å². The van der Waals surface area contributed by atoms with Crippen molar-refractivity contribution in [3.8, 4) is 30.3 Å². The number of hydrogen-bond donors (Lipinski definition) is 3. The van der Waals surface area contributed by atoms with Gasteiger partial charge in [-0.15, -0.1) is 0 Å². The molecule has 0 spiro atoms. The zero-order valence-electron chi connectivity index (χ0n) is 12.6. The average Bonchev–Trinajstić information content (AvgIpc) is 3.01. The van der Waals surface area contributed by atoms with Crippen molar-refractivity contribution >= 4 is 5.69 Å². The van der Waals surface area contributed by atoms with Crippen LogP contribution in [-0.4, -0.2) is 11.0 Å². The van der Waals surface area contributed by atoms with Crippen LogP contribution in [0, 0.1) is 68.5 Å². The van der Waals surface area contributed by atoms with E-state index in [1.807, 2.05) is 18.2 Å². The lowest BCUT2D eigenvalue weighted by Crippen LogP contribution is -2.60. The van der Waals surface area contributed by atoms with Crippen LogP contribution < -0.4 is 10.6 Å². The van der Waals surface area contributed by atoms with Crippen LogP contribution in [0.15, 0.2) is 35.5 Å². The molecule has 3 N–H and O–H groups in total. The van der Waals surface area contributed by atoms with E-state index in [-0.39, 0.29) is 11.3 Å². The topological polar surface area (TPSA) is 163 Å². The van der Waals surface area contributed by atoms with Gasteiger partial charge in [-0.2, -0.15) is 26.3 Å². The fraction of sp³-hybridized carbons (Fsp3) is 0.235. The van der Waals surface area contributed by atoms with Gasteiger partial charge in [0.25, 0.3) is 0 Å². The fourth-order valence-electron chi connectivity index (χ4n) is 3.72. The molecule has 1 aromatic carbocycles. The van der Waals surface area contributed by atoms with Crippen molar-refractivity contribution in [2.24, 2.45) is 11.8 Å². The first kappa shape index (κ1) is 15.9. The minimum absolute atomic E-state index is 0.104. The Balaban J connectivity index is 2.44. The summed E-state index contributed by atoms with van der Waals surface area (Å²) in [5.74, 6) is -4.75. The summed E-state index contributed by atoms with van der Waals surface area (Å²) in [6, 6.07) is 15.6. The third-order valence-electron chi connectivity index (χ3n) is 4.68. The van der Waals surface area contributed by atoms with Crippen molar-refractivity contribution in [3.63, 3.8) is 0 Å². The van der Waals surface area contributed by atoms with Gasteiger partial charge in [0.05, 0.1) is 23.9 Å². The molecule has 1 saturated heterocycles. The predicted octanol–water partition coefficient (Wildman–Crippen LogP) is 0.704. The van der Waals surface area contributed by atoms with Gasteiger partial charge in [-0.05, 0) is 11.6 Å². The predicted molar refractivity (Wildman–Crippen MR) is 81.9 cm³/mol. The standard InChI is InChI=1S/C17H9N7O/c18-5-10(6-19)15-13(9-22)16(11(7-20)8-21)12-3-1-2-4-14(12)23-17(16,25)24-15/h1-4,11,13,23-25H/t13-,16-,17-/m1/s1. The number of allylic oxidation sites excluding steroid dienone is 2. The molecule has 1 fully saturated rings. The second-order valence-electron chi connectivity index (χ2n) is 5.64. The smallest absolute Gasteiger partial charge is 0.228 e. The van der Waals surface area contributed by atoms with Gasteiger partial charge < -0.3 is 15.7 Å². The molecule has 1 aromatic rings. The summed E-state index contributed by atoms with van der Waals surface area (Å²) in [6.07, 6.45) is 0. The third-order valence-corrected chi connectivity index (χ3v) is 4.68. The molecule has 0 bridgehead atoms. The largest absolute Gasteiger partial charge is 0.353 e. The fourth-order valence-corrected chi connectivity index (χ4v) is 3.72. The first-order valence-electron chi connectivity index (χ1n) is 7.15. The van der Waals surface area contributed by atoms with E-state index in [9.17, 15) is 20.9 Å². The molecule has 0 saturated carbocycles. The van der Waals surface area contributed by atoms with Gasteiger partial charge in [-0.1, -0.05) is 18.2 Å². The van der Waals surface area contributed by atoms with Crippen LogP contribution in [0.1, 0.15) is 5.56 Å². The normalized spacial score (nSPS) is 28.0. The molecule has 0 radical (unpaired) electrons. The molecule has 0 aliphatic carbocycles. The van der Waals surface area contributed by atoms with Crippen molar-refractivity contribution in [1.82, 2.24) is 5.32 Å². The Bertz CT molecular complexity index is 980. The van der Waals surface area contributed by atoms with Gasteiger partial charge in [-0.3, -0.25) is 0 Å². The lowest BCUT2D eigenvalue weighted by atomic mass is 9.63. The third kappa shape index (κ3) is 1.68. The van der Waals surface area contributed by atoms with Gasteiger partial charge in [0.1, 0.15) is 29.0 Å². The summed E-state index contributed by atoms with van der Waals surface area (Å²) in [5.41, 5.74) is -1.33. The molecule has 0 aromatic heterocycles. The lowest BCUT2D eigenvalue weighted by Gasteiger charge is -2.37. The molecule has 3 rings (SSSR count). The minimum atomic E-state index is -2.07. The highest BCUT2D eigenvalue weighted by Gasteiger charge is 2.72. The molecule has 0 amide bonds. The summed E-state index contributed by atoms with van der Waals surface area (Å²) < 4.78 is 0. The second-order valence-corrected chi connectivity index (χ2v) is 5.64. The molecule has 0 unspecified atom stereocenters. The Kier molecular flexibility index (Phi) is 3.33. The Morgan fingerprint density at radius 1 is 1.04 bits per heavy atom. The molecule has 8 nitrogen and oxygen atoms in total. The summed E-state index contributed by atoms with van der Waals surface area (Å²) in [5, 5.41) is 63.8. The zero-order valence-corrected chi connectivity index (χ0v) is 12.6. The van der Waals surface area contributed by atoms with Gasteiger partial charge in [0.15, 0.2) is 5.92 Å². The highest BCUT2D eigenvalue weighted by Crippen LogP contribution is 2.59. The Labute approximate surface area is 143 Å². The molecule has 3 atom stereocenters. The van der Waals surface area contributed by atoms with Crippen LogP contribution in [0.2, 0.25) is 0 Å². The summed E-state index contributed by atoms with van der Waals surface area (Å²) in [6.45, 7) is 0. The van der Waals surface area contributed by atoms with E-state index in [1.165, 1.54) is 0 Å². The molecule has 8 heteroatoms. The van der Waals surface area contributed by atoms with Crippen molar-refractivity contribution in [2.75, 3.05) is 5.32 Å². The van der Waals surface area contributed by atoms with Crippen molar-refractivity contribution in [2.45, 2.75) is 11.3 Å². The summed E-state index contributed by atoms with van der Waals surface area (Å²) >= 11 is 0. The van der Waals surface area contributed by atoms with Crippen LogP contribution in [-0.2, 0) is 5.41 Å². The second kappa shape index (κ2) is 5.26. The van der Waals surface area contributed by atoms with Gasteiger partial charge >= 0.3 is 0 Å². The SMILES string of the molecule is N#CC(C#N)=C1N[C@]2(O)Nc3ccccc3[C@]2(C(C#N)C#N)[C@@H]1C#N. The summed E-state index contributed by atoms with van der Waals surface area (Å²) in [4.78, 5) is 0. The van der Waals surface area contributed by atoms with Gasteiger partial charge in [-0.25, -0.2) is 0 Å². The van der Waals surface area contributed by atoms with Crippen molar-refractivity contribution in [3.05, 3.63) is 41.1 Å². The maximum atomic E-state index is 11.2. The number of rotatable bonds is 1. The quantitative estimate of drug-likeness (QED) is 0.634. The van der Waals surface area contributed by atoms with Crippen LogP contribution in [0.3, 0.4) is 0 Å². The number of benzene rings is 1. The maximum Gasteiger partial charge on any atom is 0.228 e. The minimum Gasteiger partial charge on any atom is -0.353 e. The van der Waals surface area contributed by atoms with E-state index in [4.69, 9.17) is 10.5 Å². The highest BCUT2D eigenvalue weighted by atomic mass is 16.3. The van der Waals surface area contributed by atoms with Crippen molar-refractivity contribution < 1.29 is 5.11 Å². The van der Waals surface area contributed by atoms with Gasteiger partial charge in [0, 0.05) is 5.69 Å². The van der Waals surface area contributed by atoms with Crippen LogP contribution >= 0.6 is 0 Å². The lowest BCUT2D eigenvalue weighted by molar-refractivity contribution is -0.0170. The maximum absolute atomic E-state index is 11.2. The first-order valence-corrected chi connectivity index (χ1v) is 7.15. The number of nitrogens with one attached hydrogen (secondary N) is 2. The molecule has 25 heavy (non-hydrogen) atoms. The van der Waals surface area contributed by atoms with E-state index < -0.39 is 23.1 Å². The first-order chi connectivity index (χ1) is 12.0. The Hall–Kier alpha value is -4.03. The van der Waals surface area contributed by atoms with Crippen LogP contribution in [0.25, 0.3) is 0 Å². The van der Waals surface area contributed by atoms with E-state index in [1.54, 1.807) is 36.4 Å². The number of nitrogens with zero attached hydrogens (tertiary/aromatic N) is 5. The molecule has 2 aliphatic heterocycles. The van der Waals surface area contributed by atoms with E-state index in [0.29, 0.717) is 11.3 Å². The Morgan fingerprint density at radius 2 is 1.68 bits per heavy atom. The van der Waals surface area contributed by atoms with E-state index in [0.717, 1.165) is 0 Å². The Morgan fingerprint density at radius 3 is 2.24 bits per heavy atom. The van der Waals surface area contributed by atoms with Gasteiger partial charge in [0.2, 0.25) is 5.85 Å².